The van der Waals surface area contributed by atoms with Gasteiger partial charge in [-0.2, -0.15) is 5.26 Å². The van der Waals surface area contributed by atoms with E-state index in [4.69, 9.17) is 9.47 Å². The monoisotopic (exact) mass is 652 g/mol. The van der Waals surface area contributed by atoms with Crippen molar-refractivity contribution in [2.24, 2.45) is 0 Å². The molecule has 36 heavy (non-hydrogen) atoms. The lowest BCUT2D eigenvalue weighted by molar-refractivity contribution is -0.112. The van der Waals surface area contributed by atoms with E-state index in [1.165, 1.54) is 5.39 Å². The second kappa shape index (κ2) is 12.1. The molecule has 0 radical (unpaired) electrons. The number of anilines is 1. The van der Waals surface area contributed by atoms with Gasteiger partial charge in [0.1, 0.15) is 18.2 Å². The number of hydrogen-bond acceptors (Lipinski definition) is 4. The fraction of sp³-hybridized carbons (Fsp3) is 0.103. The molecule has 4 rings (SSSR count). The number of rotatable bonds is 8. The van der Waals surface area contributed by atoms with Gasteiger partial charge in [-0.1, -0.05) is 58.4 Å². The highest BCUT2D eigenvalue weighted by atomic mass is 127. The first kappa shape index (κ1) is 25.7. The summed E-state index contributed by atoms with van der Waals surface area (Å²) < 4.78 is 13.7. The maximum Gasteiger partial charge on any atom is 0.266 e. The number of nitrogens with zero attached hydrogens (tertiary/aromatic N) is 1. The molecular formula is C29H22BrIN2O3. The third-order valence-corrected chi connectivity index (χ3v) is 6.58. The summed E-state index contributed by atoms with van der Waals surface area (Å²) in [6.45, 7) is 2.73. The van der Waals surface area contributed by atoms with Gasteiger partial charge in [0.05, 0.1) is 10.2 Å². The molecule has 4 aromatic rings. The van der Waals surface area contributed by atoms with Gasteiger partial charge in [0.25, 0.3) is 5.91 Å². The van der Waals surface area contributed by atoms with E-state index >= 15 is 0 Å². The van der Waals surface area contributed by atoms with Crippen LogP contribution in [0.25, 0.3) is 16.8 Å². The Morgan fingerprint density at radius 2 is 1.83 bits per heavy atom. The van der Waals surface area contributed by atoms with Crippen LogP contribution >= 0.6 is 38.5 Å². The van der Waals surface area contributed by atoms with E-state index in [9.17, 15) is 10.1 Å². The van der Waals surface area contributed by atoms with Crippen molar-refractivity contribution in [3.8, 4) is 17.6 Å². The summed E-state index contributed by atoms with van der Waals surface area (Å²) in [6, 6.07) is 27.3. The zero-order valence-electron chi connectivity index (χ0n) is 19.4. The lowest BCUT2D eigenvalue weighted by Gasteiger charge is -2.15. The molecule has 7 heteroatoms. The predicted molar refractivity (Wildman–Crippen MR) is 155 cm³/mol. The molecule has 0 aromatic heterocycles. The van der Waals surface area contributed by atoms with Gasteiger partial charge in [-0.15, -0.1) is 0 Å². The fourth-order valence-electron chi connectivity index (χ4n) is 3.64. The van der Waals surface area contributed by atoms with Crippen LogP contribution in [0.3, 0.4) is 0 Å². The molecule has 0 bridgehead atoms. The van der Waals surface area contributed by atoms with E-state index in [0.29, 0.717) is 36.0 Å². The molecule has 0 heterocycles. The van der Waals surface area contributed by atoms with Crippen LogP contribution in [-0.4, -0.2) is 12.5 Å². The summed E-state index contributed by atoms with van der Waals surface area (Å²) in [4.78, 5) is 12.7. The molecule has 0 unspecified atom stereocenters. The highest BCUT2D eigenvalue weighted by molar-refractivity contribution is 14.1. The molecule has 0 saturated heterocycles. The minimum absolute atomic E-state index is 0.0157. The molecule has 1 amide bonds. The predicted octanol–water partition coefficient (Wildman–Crippen LogP) is 7.73. The number of benzene rings is 4. The van der Waals surface area contributed by atoms with E-state index in [0.717, 1.165) is 19.0 Å². The van der Waals surface area contributed by atoms with Gasteiger partial charge >= 0.3 is 0 Å². The highest BCUT2D eigenvalue weighted by Gasteiger charge is 2.15. The Labute approximate surface area is 232 Å². The maximum absolute atomic E-state index is 12.7. The van der Waals surface area contributed by atoms with Crippen LogP contribution in [0.1, 0.15) is 18.1 Å². The van der Waals surface area contributed by atoms with Crippen LogP contribution in [0.5, 0.6) is 11.5 Å². The second-order valence-electron chi connectivity index (χ2n) is 7.87. The van der Waals surface area contributed by atoms with Crippen molar-refractivity contribution in [3.05, 3.63) is 104 Å². The van der Waals surface area contributed by atoms with Crippen molar-refractivity contribution in [2.75, 3.05) is 11.9 Å². The van der Waals surface area contributed by atoms with Gasteiger partial charge in [-0.05, 0) is 93.9 Å². The second-order valence-corrected chi connectivity index (χ2v) is 9.95. The van der Waals surface area contributed by atoms with Gasteiger partial charge in [-0.3, -0.25) is 4.79 Å². The Bertz CT molecular complexity index is 1490. The van der Waals surface area contributed by atoms with E-state index in [-0.39, 0.29) is 5.57 Å². The molecule has 0 aliphatic rings. The zero-order valence-corrected chi connectivity index (χ0v) is 23.2. The molecule has 0 saturated carbocycles. The van der Waals surface area contributed by atoms with Crippen molar-refractivity contribution in [1.29, 1.82) is 5.26 Å². The first-order valence-electron chi connectivity index (χ1n) is 11.2. The van der Waals surface area contributed by atoms with Crippen molar-refractivity contribution >= 4 is 67.0 Å². The molecule has 1 N–H and O–H groups in total. The Morgan fingerprint density at radius 1 is 1.03 bits per heavy atom. The zero-order chi connectivity index (χ0) is 25.5. The average molecular weight is 653 g/mol. The number of nitrogens with one attached hydrogen (secondary N) is 1. The van der Waals surface area contributed by atoms with Crippen LogP contribution in [0.15, 0.2) is 88.9 Å². The summed E-state index contributed by atoms with van der Waals surface area (Å²) in [5.41, 5.74) is 2.30. The summed E-state index contributed by atoms with van der Waals surface area (Å²) in [5.74, 6) is 0.696. The summed E-state index contributed by atoms with van der Waals surface area (Å²) in [6.07, 6.45) is 1.55. The summed E-state index contributed by atoms with van der Waals surface area (Å²) in [7, 11) is 0. The quantitative estimate of drug-likeness (QED) is 0.120. The van der Waals surface area contributed by atoms with Crippen molar-refractivity contribution < 1.29 is 14.3 Å². The van der Waals surface area contributed by atoms with Crippen LogP contribution < -0.4 is 14.8 Å². The normalized spacial score (nSPS) is 11.1. The van der Waals surface area contributed by atoms with Gasteiger partial charge in [-0.25, -0.2) is 0 Å². The molecular weight excluding hydrogens is 631 g/mol. The van der Waals surface area contributed by atoms with Gasteiger partial charge in [0.15, 0.2) is 11.5 Å². The first-order chi connectivity index (χ1) is 17.5. The number of halogens is 2. The van der Waals surface area contributed by atoms with Crippen LogP contribution in [0.2, 0.25) is 0 Å². The number of nitriles is 1. The van der Waals surface area contributed by atoms with Gasteiger partial charge in [0.2, 0.25) is 0 Å². The van der Waals surface area contributed by atoms with Crippen LogP contribution in [0, 0.1) is 14.9 Å². The number of amides is 1. The summed E-state index contributed by atoms with van der Waals surface area (Å²) >= 11 is 5.56. The molecule has 180 valence electrons. The van der Waals surface area contributed by atoms with E-state index < -0.39 is 5.91 Å². The number of carbonyl (C=O) groups is 1. The molecule has 0 spiro atoms. The largest absolute Gasteiger partial charge is 0.490 e. The molecule has 0 atom stereocenters. The molecule has 4 aromatic carbocycles. The van der Waals surface area contributed by atoms with E-state index in [2.05, 4.69) is 74.2 Å². The minimum Gasteiger partial charge on any atom is -0.490 e. The third kappa shape index (κ3) is 6.45. The minimum atomic E-state index is -0.486. The van der Waals surface area contributed by atoms with Crippen molar-refractivity contribution in [2.45, 2.75) is 13.5 Å². The van der Waals surface area contributed by atoms with Gasteiger partial charge in [0, 0.05) is 10.2 Å². The van der Waals surface area contributed by atoms with Crippen molar-refractivity contribution in [3.63, 3.8) is 0 Å². The smallest absolute Gasteiger partial charge is 0.266 e. The molecule has 0 aliphatic heterocycles. The van der Waals surface area contributed by atoms with Crippen LogP contribution in [0.4, 0.5) is 5.69 Å². The molecule has 0 fully saturated rings. The van der Waals surface area contributed by atoms with Crippen molar-refractivity contribution in [1.82, 2.24) is 0 Å². The SMILES string of the molecule is CCOc1cc(/C=C(/C#N)C(=O)Nc2cccc(Br)c2)cc(I)c1OCc1ccc2ccccc2c1. The van der Waals surface area contributed by atoms with E-state index in [1.54, 1.807) is 24.3 Å². The topological polar surface area (TPSA) is 71.3 Å². The summed E-state index contributed by atoms with van der Waals surface area (Å²) in [5, 5.41) is 14.7. The number of ether oxygens (including phenoxy) is 2. The van der Waals surface area contributed by atoms with E-state index in [1.807, 2.05) is 43.3 Å². The molecule has 5 nitrogen and oxygen atoms in total. The lowest BCUT2D eigenvalue weighted by Crippen LogP contribution is -2.13. The Balaban J connectivity index is 1.56. The standard InChI is InChI=1S/C29H22BrIN2O3/c1-2-35-27-15-20(13-23(17-32)29(34)33-25-9-5-8-24(30)16-25)14-26(31)28(27)36-18-19-10-11-21-6-3-4-7-22(21)12-19/h3-16H,2,18H2,1H3,(H,33,34)/b23-13-. The Hall–Kier alpha value is -3.35. The highest BCUT2D eigenvalue weighted by Crippen LogP contribution is 2.36. The lowest BCUT2D eigenvalue weighted by atomic mass is 10.1. The average Bonchev–Trinajstić information content (AvgIpc) is 2.87. The first-order valence-corrected chi connectivity index (χ1v) is 13.1. The maximum atomic E-state index is 12.7. The fourth-order valence-corrected chi connectivity index (χ4v) is 4.82. The number of carbonyl (C=O) groups excluding carboxylic acids is 1. The number of fused-ring (bicyclic) bond motifs is 1. The van der Waals surface area contributed by atoms with Crippen LogP contribution in [-0.2, 0) is 11.4 Å². The molecule has 0 aliphatic carbocycles. The Kier molecular flexibility index (Phi) is 8.62. The number of hydrogen-bond donors (Lipinski definition) is 1. The van der Waals surface area contributed by atoms with Gasteiger partial charge < -0.3 is 14.8 Å². The Morgan fingerprint density at radius 3 is 2.58 bits per heavy atom. The third-order valence-electron chi connectivity index (χ3n) is 5.29.